The lowest BCUT2D eigenvalue weighted by Crippen LogP contribution is -2.33. The van der Waals surface area contributed by atoms with E-state index >= 15 is 0 Å². The molecule has 0 spiro atoms. The third-order valence-corrected chi connectivity index (χ3v) is 3.64. The van der Waals surface area contributed by atoms with Crippen LogP contribution >= 0.6 is 0 Å². The van der Waals surface area contributed by atoms with Crippen molar-refractivity contribution in [1.29, 1.82) is 0 Å². The SMILES string of the molecule is CCC(C(=O)N(C)C1CC1)c1cccc(OC)c1. The molecule has 1 fully saturated rings. The minimum absolute atomic E-state index is 0.0503. The summed E-state index contributed by atoms with van der Waals surface area (Å²) in [7, 11) is 3.57. The number of carbonyl (C=O) groups is 1. The van der Waals surface area contributed by atoms with E-state index in [4.69, 9.17) is 4.74 Å². The highest BCUT2D eigenvalue weighted by Gasteiger charge is 2.33. The van der Waals surface area contributed by atoms with Crippen LogP contribution in [0.2, 0.25) is 0 Å². The summed E-state index contributed by atoms with van der Waals surface area (Å²) < 4.78 is 5.22. The number of hydrogen-bond donors (Lipinski definition) is 0. The van der Waals surface area contributed by atoms with E-state index in [1.54, 1.807) is 7.11 Å². The van der Waals surface area contributed by atoms with E-state index in [2.05, 4.69) is 6.92 Å². The zero-order valence-electron chi connectivity index (χ0n) is 11.3. The van der Waals surface area contributed by atoms with Crippen molar-refractivity contribution >= 4 is 5.91 Å². The standard InChI is InChI=1S/C15H21NO2/c1-4-14(15(17)16(2)12-8-9-12)11-6-5-7-13(10-11)18-3/h5-7,10,12,14H,4,8-9H2,1-3H3. The number of benzene rings is 1. The van der Waals surface area contributed by atoms with Gasteiger partial charge in [-0.2, -0.15) is 0 Å². The van der Waals surface area contributed by atoms with Crippen molar-refractivity contribution in [1.82, 2.24) is 4.90 Å². The molecule has 1 saturated carbocycles. The number of ether oxygens (including phenoxy) is 1. The third-order valence-electron chi connectivity index (χ3n) is 3.64. The normalized spacial score (nSPS) is 16.2. The topological polar surface area (TPSA) is 29.5 Å². The molecule has 0 bridgehead atoms. The summed E-state index contributed by atoms with van der Waals surface area (Å²) in [5, 5.41) is 0. The summed E-state index contributed by atoms with van der Waals surface area (Å²) in [5.41, 5.74) is 1.05. The van der Waals surface area contributed by atoms with Crippen LogP contribution in [0.15, 0.2) is 24.3 Å². The first-order valence-corrected chi connectivity index (χ1v) is 6.58. The van der Waals surface area contributed by atoms with Crippen molar-refractivity contribution in [3.05, 3.63) is 29.8 Å². The molecule has 98 valence electrons. The van der Waals surface area contributed by atoms with Crippen molar-refractivity contribution in [2.24, 2.45) is 0 Å². The van der Waals surface area contributed by atoms with Crippen molar-refractivity contribution in [2.75, 3.05) is 14.2 Å². The molecule has 1 aromatic carbocycles. The largest absolute Gasteiger partial charge is 0.497 e. The molecule has 1 aromatic rings. The molecule has 0 aliphatic heterocycles. The van der Waals surface area contributed by atoms with Gasteiger partial charge in [-0.25, -0.2) is 0 Å². The number of rotatable bonds is 5. The zero-order valence-corrected chi connectivity index (χ0v) is 11.3. The Labute approximate surface area is 109 Å². The van der Waals surface area contributed by atoms with Crippen LogP contribution < -0.4 is 4.74 Å². The maximum Gasteiger partial charge on any atom is 0.230 e. The molecule has 1 aliphatic rings. The van der Waals surface area contributed by atoms with E-state index in [-0.39, 0.29) is 11.8 Å². The first kappa shape index (κ1) is 12.9. The summed E-state index contributed by atoms with van der Waals surface area (Å²) in [4.78, 5) is 14.4. The summed E-state index contributed by atoms with van der Waals surface area (Å²) in [6.45, 7) is 2.06. The van der Waals surface area contributed by atoms with Gasteiger partial charge in [-0.05, 0) is 37.0 Å². The molecular formula is C15H21NO2. The van der Waals surface area contributed by atoms with Crippen molar-refractivity contribution in [3.63, 3.8) is 0 Å². The lowest BCUT2D eigenvalue weighted by atomic mass is 9.95. The fourth-order valence-electron chi connectivity index (χ4n) is 2.30. The second-order valence-electron chi connectivity index (χ2n) is 4.92. The average Bonchev–Trinajstić information content (AvgIpc) is 3.23. The van der Waals surface area contributed by atoms with Gasteiger partial charge in [-0.15, -0.1) is 0 Å². The van der Waals surface area contributed by atoms with Crippen LogP contribution in [0.5, 0.6) is 5.75 Å². The monoisotopic (exact) mass is 247 g/mol. The Balaban J connectivity index is 2.18. The summed E-state index contributed by atoms with van der Waals surface area (Å²) in [6.07, 6.45) is 3.12. The van der Waals surface area contributed by atoms with Gasteiger partial charge in [0, 0.05) is 13.1 Å². The van der Waals surface area contributed by atoms with Crippen LogP contribution in [0, 0.1) is 0 Å². The predicted molar refractivity (Wildman–Crippen MR) is 71.8 cm³/mol. The molecule has 0 aromatic heterocycles. The molecule has 3 heteroatoms. The number of carbonyl (C=O) groups excluding carboxylic acids is 1. The second-order valence-corrected chi connectivity index (χ2v) is 4.92. The Hall–Kier alpha value is -1.51. The van der Waals surface area contributed by atoms with Crippen molar-refractivity contribution in [2.45, 2.75) is 38.1 Å². The van der Waals surface area contributed by atoms with Gasteiger partial charge in [0.1, 0.15) is 5.75 Å². The van der Waals surface area contributed by atoms with Gasteiger partial charge in [-0.3, -0.25) is 4.79 Å². The number of methoxy groups -OCH3 is 1. The number of amides is 1. The summed E-state index contributed by atoms with van der Waals surface area (Å²) >= 11 is 0. The average molecular weight is 247 g/mol. The van der Waals surface area contributed by atoms with Gasteiger partial charge in [0.15, 0.2) is 0 Å². The third kappa shape index (κ3) is 2.66. The van der Waals surface area contributed by atoms with Gasteiger partial charge >= 0.3 is 0 Å². The van der Waals surface area contributed by atoms with E-state index in [0.29, 0.717) is 6.04 Å². The van der Waals surface area contributed by atoms with Crippen LogP contribution in [0.25, 0.3) is 0 Å². The maximum absolute atomic E-state index is 12.4. The van der Waals surface area contributed by atoms with Crippen molar-refractivity contribution < 1.29 is 9.53 Å². The lowest BCUT2D eigenvalue weighted by Gasteiger charge is -2.23. The minimum Gasteiger partial charge on any atom is -0.497 e. The Bertz CT molecular complexity index is 426. The van der Waals surface area contributed by atoms with E-state index in [0.717, 1.165) is 30.6 Å². The molecule has 1 aliphatic carbocycles. The second kappa shape index (κ2) is 5.42. The van der Waals surface area contributed by atoms with E-state index in [1.165, 1.54) is 0 Å². The Morgan fingerprint density at radius 1 is 1.50 bits per heavy atom. The molecule has 1 amide bonds. The number of nitrogens with zero attached hydrogens (tertiary/aromatic N) is 1. The lowest BCUT2D eigenvalue weighted by molar-refractivity contribution is -0.132. The van der Waals surface area contributed by atoms with E-state index in [9.17, 15) is 4.79 Å². The Morgan fingerprint density at radius 3 is 2.78 bits per heavy atom. The first-order valence-electron chi connectivity index (χ1n) is 6.58. The highest BCUT2D eigenvalue weighted by Crippen LogP contribution is 2.31. The molecule has 3 nitrogen and oxygen atoms in total. The molecule has 1 atom stereocenters. The fourth-order valence-corrected chi connectivity index (χ4v) is 2.30. The smallest absolute Gasteiger partial charge is 0.230 e. The van der Waals surface area contributed by atoms with E-state index in [1.807, 2.05) is 36.2 Å². The highest BCUT2D eigenvalue weighted by molar-refractivity contribution is 5.84. The fraction of sp³-hybridized carbons (Fsp3) is 0.533. The van der Waals surface area contributed by atoms with Gasteiger partial charge in [0.25, 0.3) is 0 Å². The molecule has 18 heavy (non-hydrogen) atoms. The molecule has 2 rings (SSSR count). The van der Waals surface area contributed by atoms with Gasteiger partial charge in [0.05, 0.1) is 13.0 Å². The van der Waals surface area contributed by atoms with Crippen LogP contribution in [-0.4, -0.2) is 31.0 Å². The van der Waals surface area contributed by atoms with Crippen LogP contribution in [0.1, 0.15) is 37.7 Å². The zero-order chi connectivity index (χ0) is 13.1. The number of likely N-dealkylation sites (N-methyl/N-ethyl adjacent to an activating group) is 1. The number of hydrogen-bond acceptors (Lipinski definition) is 2. The Kier molecular flexibility index (Phi) is 3.90. The van der Waals surface area contributed by atoms with Crippen LogP contribution in [0.4, 0.5) is 0 Å². The molecule has 0 heterocycles. The Morgan fingerprint density at radius 2 is 2.22 bits per heavy atom. The summed E-state index contributed by atoms with van der Waals surface area (Å²) in [5.74, 6) is 0.992. The first-order chi connectivity index (χ1) is 8.67. The molecular weight excluding hydrogens is 226 g/mol. The van der Waals surface area contributed by atoms with Gasteiger partial charge < -0.3 is 9.64 Å². The van der Waals surface area contributed by atoms with Crippen LogP contribution in [0.3, 0.4) is 0 Å². The molecule has 0 radical (unpaired) electrons. The predicted octanol–water partition coefficient (Wildman–Crippen LogP) is 2.81. The van der Waals surface area contributed by atoms with E-state index < -0.39 is 0 Å². The van der Waals surface area contributed by atoms with Crippen molar-refractivity contribution in [3.8, 4) is 5.75 Å². The van der Waals surface area contributed by atoms with Gasteiger partial charge in [0.2, 0.25) is 5.91 Å². The van der Waals surface area contributed by atoms with Crippen LogP contribution in [-0.2, 0) is 4.79 Å². The highest BCUT2D eigenvalue weighted by atomic mass is 16.5. The summed E-state index contributed by atoms with van der Waals surface area (Å²) in [6, 6.07) is 8.30. The molecule has 0 N–H and O–H groups in total. The minimum atomic E-state index is -0.0503. The van der Waals surface area contributed by atoms with Gasteiger partial charge in [-0.1, -0.05) is 19.1 Å². The maximum atomic E-state index is 12.4. The quantitative estimate of drug-likeness (QED) is 0.800. The molecule has 0 saturated heterocycles. The molecule has 1 unspecified atom stereocenters.